The number of morpholine rings is 1. The van der Waals surface area contributed by atoms with Crippen LogP contribution in [0.3, 0.4) is 0 Å². The first-order chi connectivity index (χ1) is 11.5. The van der Waals surface area contributed by atoms with Crippen molar-refractivity contribution in [2.24, 2.45) is 0 Å². The van der Waals surface area contributed by atoms with Crippen LogP contribution in [0, 0.1) is 0 Å². The maximum atomic E-state index is 12.6. The van der Waals surface area contributed by atoms with Crippen molar-refractivity contribution in [3.05, 3.63) is 39.2 Å². The molecule has 5 nitrogen and oxygen atoms in total. The van der Waals surface area contributed by atoms with Gasteiger partial charge < -0.3 is 9.64 Å². The number of amides is 2. The van der Waals surface area contributed by atoms with Crippen LogP contribution >= 0.6 is 39.9 Å². The van der Waals surface area contributed by atoms with Gasteiger partial charge in [0.05, 0.1) is 18.1 Å². The average molecular weight is 427 g/mol. The fraction of sp³-hybridized carbons (Fsp3) is 0.312. The lowest BCUT2D eigenvalue weighted by Crippen LogP contribution is -2.46. The molecule has 2 fully saturated rings. The number of rotatable bonds is 3. The molecule has 0 spiro atoms. The maximum Gasteiger partial charge on any atom is 0.266 e. The maximum absolute atomic E-state index is 12.6. The molecule has 0 saturated carbocycles. The number of benzene rings is 1. The summed E-state index contributed by atoms with van der Waals surface area (Å²) in [5.41, 5.74) is 0.907. The van der Waals surface area contributed by atoms with Crippen LogP contribution in [0.2, 0.25) is 0 Å². The quantitative estimate of drug-likeness (QED) is 0.548. The van der Waals surface area contributed by atoms with E-state index in [-0.39, 0.29) is 18.4 Å². The van der Waals surface area contributed by atoms with E-state index in [1.807, 2.05) is 24.3 Å². The van der Waals surface area contributed by atoms with Crippen LogP contribution in [0.25, 0.3) is 6.08 Å². The summed E-state index contributed by atoms with van der Waals surface area (Å²) >= 11 is 9.92. The number of carbonyl (C=O) groups is 2. The molecule has 0 atom stereocenters. The van der Waals surface area contributed by atoms with Crippen LogP contribution in [-0.4, -0.2) is 58.8 Å². The topological polar surface area (TPSA) is 49.9 Å². The summed E-state index contributed by atoms with van der Waals surface area (Å²) in [5.74, 6) is -0.315. The Morgan fingerprint density at radius 1 is 1.38 bits per heavy atom. The molecule has 0 aromatic heterocycles. The van der Waals surface area contributed by atoms with Gasteiger partial charge in [-0.2, -0.15) is 0 Å². The highest BCUT2D eigenvalue weighted by Crippen LogP contribution is 2.32. The minimum absolute atomic E-state index is 0.0134. The van der Waals surface area contributed by atoms with E-state index in [9.17, 15) is 9.59 Å². The predicted molar refractivity (Wildman–Crippen MR) is 101 cm³/mol. The lowest BCUT2D eigenvalue weighted by atomic mass is 10.2. The molecule has 2 amide bonds. The van der Waals surface area contributed by atoms with Crippen molar-refractivity contribution in [2.75, 3.05) is 32.8 Å². The van der Waals surface area contributed by atoms with Crippen LogP contribution in [0.1, 0.15) is 5.56 Å². The molecule has 126 valence electrons. The van der Waals surface area contributed by atoms with Crippen LogP contribution < -0.4 is 0 Å². The number of nitrogens with zero attached hydrogens (tertiary/aromatic N) is 2. The first kappa shape index (κ1) is 17.6. The second-order valence-corrected chi connectivity index (χ2v) is 7.91. The SMILES string of the molecule is O=C(CN1C(=O)/C(=C/c2cccc(Br)c2)SC1=S)N1CCOCC1. The summed E-state index contributed by atoms with van der Waals surface area (Å²) in [6.07, 6.45) is 1.79. The molecule has 1 aromatic rings. The molecular weight excluding hydrogens is 412 g/mol. The van der Waals surface area contributed by atoms with E-state index in [1.165, 1.54) is 16.7 Å². The Hall–Kier alpha value is -1.22. The number of halogens is 1. The van der Waals surface area contributed by atoms with Gasteiger partial charge in [-0.3, -0.25) is 14.5 Å². The Balaban J connectivity index is 1.71. The van der Waals surface area contributed by atoms with Gasteiger partial charge in [-0.1, -0.05) is 52.0 Å². The molecule has 0 unspecified atom stereocenters. The number of hydrogen-bond donors (Lipinski definition) is 0. The lowest BCUT2D eigenvalue weighted by molar-refractivity contribution is -0.138. The van der Waals surface area contributed by atoms with Crippen molar-refractivity contribution < 1.29 is 14.3 Å². The van der Waals surface area contributed by atoms with Crippen LogP contribution in [-0.2, 0) is 14.3 Å². The summed E-state index contributed by atoms with van der Waals surface area (Å²) in [7, 11) is 0. The molecule has 0 N–H and O–H groups in total. The highest BCUT2D eigenvalue weighted by Gasteiger charge is 2.34. The Morgan fingerprint density at radius 3 is 2.83 bits per heavy atom. The number of hydrogen-bond acceptors (Lipinski definition) is 5. The highest BCUT2D eigenvalue weighted by atomic mass is 79.9. The number of thiocarbonyl (C=S) groups is 1. The summed E-state index contributed by atoms with van der Waals surface area (Å²) in [5, 5.41) is 0. The van der Waals surface area contributed by atoms with Crippen LogP contribution in [0.5, 0.6) is 0 Å². The predicted octanol–water partition coefficient (Wildman–Crippen LogP) is 2.51. The van der Waals surface area contributed by atoms with Crippen molar-refractivity contribution in [1.29, 1.82) is 0 Å². The van der Waals surface area contributed by atoms with E-state index in [0.29, 0.717) is 35.5 Å². The molecule has 0 aliphatic carbocycles. The van der Waals surface area contributed by atoms with Crippen molar-refractivity contribution >= 4 is 62.1 Å². The van der Waals surface area contributed by atoms with Gasteiger partial charge in [0, 0.05) is 17.6 Å². The van der Waals surface area contributed by atoms with Crippen LogP contribution in [0.4, 0.5) is 0 Å². The number of thioether (sulfide) groups is 1. The third-order valence-electron chi connectivity index (χ3n) is 3.68. The molecule has 3 rings (SSSR count). The molecule has 24 heavy (non-hydrogen) atoms. The third-order valence-corrected chi connectivity index (χ3v) is 5.55. The van der Waals surface area contributed by atoms with E-state index in [0.717, 1.165) is 10.0 Å². The van der Waals surface area contributed by atoms with Crippen molar-refractivity contribution in [3.8, 4) is 0 Å². The Kier molecular flexibility index (Phi) is 5.70. The number of ether oxygens (including phenoxy) is 1. The van der Waals surface area contributed by atoms with E-state index >= 15 is 0 Å². The van der Waals surface area contributed by atoms with Gasteiger partial charge in [0.25, 0.3) is 5.91 Å². The molecule has 2 aliphatic heterocycles. The molecule has 2 aliphatic rings. The van der Waals surface area contributed by atoms with Gasteiger partial charge >= 0.3 is 0 Å². The third kappa shape index (κ3) is 4.05. The molecule has 1 aromatic carbocycles. The normalized spacial score (nSPS) is 20.1. The van der Waals surface area contributed by atoms with E-state index in [2.05, 4.69) is 15.9 Å². The second kappa shape index (κ2) is 7.77. The minimum Gasteiger partial charge on any atom is -0.378 e. The van der Waals surface area contributed by atoms with Gasteiger partial charge in [0.2, 0.25) is 5.91 Å². The summed E-state index contributed by atoms with van der Waals surface area (Å²) < 4.78 is 6.60. The fourth-order valence-corrected chi connectivity index (χ4v) is 4.10. The summed E-state index contributed by atoms with van der Waals surface area (Å²) in [4.78, 5) is 28.5. The van der Waals surface area contributed by atoms with E-state index in [4.69, 9.17) is 17.0 Å². The monoisotopic (exact) mass is 426 g/mol. The second-order valence-electron chi connectivity index (χ2n) is 5.32. The smallest absolute Gasteiger partial charge is 0.266 e. The first-order valence-corrected chi connectivity index (χ1v) is 9.43. The van der Waals surface area contributed by atoms with Crippen LogP contribution in [0.15, 0.2) is 33.6 Å². The minimum atomic E-state index is -0.216. The summed E-state index contributed by atoms with van der Waals surface area (Å²) in [6.45, 7) is 2.17. The average Bonchev–Trinajstić information content (AvgIpc) is 2.83. The Morgan fingerprint density at radius 2 is 2.12 bits per heavy atom. The van der Waals surface area contributed by atoms with Gasteiger partial charge in [0.15, 0.2) is 0 Å². The zero-order chi connectivity index (χ0) is 17.1. The van der Waals surface area contributed by atoms with Gasteiger partial charge in [-0.05, 0) is 23.8 Å². The van der Waals surface area contributed by atoms with Gasteiger partial charge in [0.1, 0.15) is 10.9 Å². The zero-order valence-corrected chi connectivity index (χ0v) is 16.0. The zero-order valence-electron chi connectivity index (χ0n) is 12.7. The van der Waals surface area contributed by atoms with E-state index < -0.39 is 0 Å². The fourth-order valence-electron chi connectivity index (χ4n) is 2.43. The number of carbonyl (C=O) groups excluding carboxylic acids is 2. The van der Waals surface area contributed by atoms with Crippen molar-refractivity contribution in [3.63, 3.8) is 0 Å². The first-order valence-electron chi connectivity index (χ1n) is 7.41. The van der Waals surface area contributed by atoms with Crippen molar-refractivity contribution in [1.82, 2.24) is 9.80 Å². The summed E-state index contributed by atoms with van der Waals surface area (Å²) in [6, 6.07) is 7.66. The lowest BCUT2D eigenvalue weighted by Gasteiger charge is -2.28. The molecular formula is C16H15BrN2O3S2. The molecule has 8 heteroatoms. The van der Waals surface area contributed by atoms with Gasteiger partial charge in [-0.15, -0.1) is 0 Å². The Bertz CT molecular complexity index is 717. The van der Waals surface area contributed by atoms with E-state index in [1.54, 1.807) is 11.0 Å². The molecule has 2 heterocycles. The van der Waals surface area contributed by atoms with Gasteiger partial charge in [-0.25, -0.2) is 0 Å². The highest BCUT2D eigenvalue weighted by molar-refractivity contribution is 9.10. The Labute approximate surface area is 158 Å². The molecule has 0 radical (unpaired) electrons. The standard InChI is InChI=1S/C16H15BrN2O3S2/c17-12-3-1-2-11(8-12)9-13-15(21)19(16(23)24-13)10-14(20)18-4-6-22-7-5-18/h1-3,8-9H,4-7,10H2/b13-9-. The largest absolute Gasteiger partial charge is 0.378 e. The van der Waals surface area contributed by atoms with Crippen molar-refractivity contribution in [2.45, 2.75) is 0 Å². The molecule has 0 bridgehead atoms. The molecule has 2 saturated heterocycles.